The largest absolute Gasteiger partial charge is 0.383 e. The number of halogens is 1. The third-order valence-electron chi connectivity index (χ3n) is 3.86. The maximum Gasteiger partial charge on any atom is 0.237 e. The number of carbonyl (C=O) groups is 1. The average molecular weight is 308 g/mol. The minimum absolute atomic E-state index is 0. The minimum atomic E-state index is -0.0643. The van der Waals surface area contributed by atoms with Gasteiger partial charge < -0.3 is 20.3 Å². The smallest absolute Gasteiger partial charge is 0.237 e. The van der Waals surface area contributed by atoms with Crippen LogP contribution in [-0.4, -0.2) is 63.8 Å². The number of hydrogen-bond acceptors (Lipinski definition) is 4. The second-order valence-corrected chi connectivity index (χ2v) is 6.07. The van der Waals surface area contributed by atoms with Crippen molar-refractivity contribution >= 4 is 18.3 Å². The van der Waals surface area contributed by atoms with Crippen LogP contribution in [0.15, 0.2) is 0 Å². The number of piperidine rings is 1. The van der Waals surface area contributed by atoms with E-state index in [0.717, 1.165) is 39.1 Å². The fourth-order valence-electron chi connectivity index (χ4n) is 2.49. The van der Waals surface area contributed by atoms with Crippen LogP contribution in [-0.2, 0) is 9.53 Å². The van der Waals surface area contributed by atoms with E-state index in [0.29, 0.717) is 6.54 Å². The molecule has 20 heavy (non-hydrogen) atoms. The second-order valence-electron chi connectivity index (χ2n) is 6.07. The summed E-state index contributed by atoms with van der Waals surface area (Å²) >= 11 is 0. The molecule has 1 aliphatic rings. The molecule has 0 saturated carbocycles. The van der Waals surface area contributed by atoms with Crippen molar-refractivity contribution in [3.8, 4) is 0 Å². The number of ether oxygens (including phenoxy) is 1. The fourth-order valence-corrected chi connectivity index (χ4v) is 2.49. The number of hydrogen-bond donors (Lipinski definition) is 2. The molecule has 0 aliphatic carbocycles. The summed E-state index contributed by atoms with van der Waals surface area (Å²) in [6, 6.07) is -0.0643. The van der Waals surface area contributed by atoms with Gasteiger partial charge in [-0.15, -0.1) is 12.4 Å². The maximum absolute atomic E-state index is 12.2. The Morgan fingerprint density at radius 2 is 2.15 bits per heavy atom. The Morgan fingerprint density at radius 3 is 2.75 bits per heavy atom. The van der Waals surface area contributed by atoms with Gasteiger partial charge in [0.05, 0.1) is 12.6 Å². The van der Waals surface area contributed by atoms with Crippen molar-refractivity contribution in [2.24, 2.45) is 5.41 Å². The summed E-state index contributed by atoms with van der Waals surface area (Å²) in [7, 11) is 3.74. The number of amides is 1. The minimum Gasteiger partial charge on any atom is -0.383 e. The van der Waals surface area contributed by atoms with Crippen LogP contribution in [0.5, 0.6) is 0 Å². The van der Waals surface area contributed by atoms with Crippen LogP contribution in [0.25, 0.3) is 0 Å². The van der Waals surface area contributed by atoms with E-state index in [2.05, 4.69) is 29.4 Å². The number of rotatable bonds is 7. The van der Waals surface area contributed by atoms with Crippen molar-refractivity contribution in [2.75, 3.05) is 46.9 Å². The highest BCUT2D eigenvalue weighted by atomic mass is 35.5. The predicted molar refractivity (Wildman–Crippen MR) is 84.4 cm³/mol. The molecule has 1 amide bonds. The van der Waals surface area contributed by atoms with Crippen molar-refractivity contribution in [3.63, 3.8) is 0 Å². The highest BCUT2D eigenvalue weighted by molar-refractivity contribution is 5.85. The Morgan fingerprint density at radius 1 is 1.45 bits per heavy atom. The second kappa shape index (κ2) is 9.55. The average Bonchev–Trinajstić information content (AvgIpc) is 2.35. The Bertz CT molecular complexity index is 288. The highest BCUT2D eigenvalue weighted by Gasteiger charge is 2.36. The predicted octanol–water partition coefficient (Wildman–Crippen LogP) is 0.881. The molecule has 1 atom stereocenters. The summed E-state index contributed by atoms with van der Waals surface area (Å²) in [5.74, 6) is 0.129. The molecule has 6 heteroatoms. The number of nitrogens with zero attached hydrogens (tertiary/aromatic N) is 1. The molecule has 0 aromatic carbocycles. The van der Waals surface area contributed by atoms with Gasteiger partial charge in [-0.2, -0.15) is 0 Å². The van der Waals surface area contributed by atoms with Gasteiger partial charge in [0.25, 0.3) is 0 Å². The van der Waals surface area contributed by atoms with E-state index >= 15 is 0 Å². The quantitative estimate of drug-likeness (QED) is 0.733. The molecule has 0 radical (unpaired) electrons. The maximum atomic E-state index is 12.2. The van der Waals surface area contributed by atoms with Gasteiger partial charge in [-0.1, -0.05) is 13.8 Å². The van der Waals surface area contributed by atoms with E-state index in [1.54, 1.807) is 7.11 Å². The van der Waals surface area contributed by atoms with Gasteiger partial charge in [-0.25, -0.2) is 0 Å². The molecule has 2 N–H and O–H groups in total. The standard InChI is InChI=1S/C14H29N3O2.ClH/c1-14(2)6-5-7-15-12(14)13(18)16-8-9-17(3)10-11-19-4;/h12,15H,5-11H2,1-4H3,(H,16,18);1H. The SMILES string of the molecule is COCCN(C)CCNC(=O)C1NCCCC1(C)C.Cl. The first-order valence-corrected chi connectivity index (χ1v) is 7.16. The molecule has 5 nitrogen and oxygen atoms in total. The van der Waals surface area contributed by atoms with E-state index in [4.69, 9.17) is 4.74 Å². The summed E-state index contributed by atoms with van der Waals surface area (Å²) in [5, 5.41) is 6.37. The zero-order valence-electron chi connectivity index (χ0n) is 13.2. The van der Waals surface area contributed by atoms with Crippen LogP contribution in [0, 0.1) is 5.41 Å². The molecule has 1 heterocycles. The van der Waals surface area contributed by atoms with Crippen molar-refractivity contribution in [1.82, 2.24) is 15.5 Å². The van der Waals surface area contributed by atoms with E-state index in [1.165, 1.54) is 0 Å². The Labute approximate surface area is 129 Å². The summed E-state index contributed by atoms with van der Waals surface area (Å²) in [5.41, 5.74) is 0.0459. The molecule has 1 unspecified atom stereocenters. The first-order valence-electron chi connectivity index (χ1n) is 7.16. The number of methoxy groups -OCH3 is 1. The van der Waals surface area contributed by atoms with Gasteiger partial charge in [0.2, 0.25) is 5.91 Å². The van der Waals surface area contributed by atoms with Gasteiger partial charge >= 0.3 is 0 Å². The van der Waals surface area contributed by atoms with Crippen LogP contribution in [0.1, 0.15) is 26.7 Å². The molecule has 0 bridgehead atoms. The Hall–Kier alpha value is -0.360. The summed E-state index contributed by atoms with van der Waals surface area (Å²) < 4.78 is 5.02. The first-order chi connectivity index (χ1) is 8.97. The van der Waals surface area contributed by atoms with Crippen molar-refractivity contribution in [2.45, 2.75) is 32.7 Å². The molecule has 1 saturated heterocycles. The van der Waals surface area contributed by atoms with Gasteiger partial charge in [0.15, 0.2) is 0 Å². The molecule has 0 aromatic heterocycles. The molecule has 1 aliphatic heterocycles. The van der Waals surface area contributed by atoms with Crippen LogP contribution < -0.4 is 10.6 Å². The summed E-state index contributed by atoms with van der Waals surface area (Å²) in [6.07, 6.45) is 2.25. The number of likely N-dealkylation sites (N-methyl/N-ethyl adjacent to an activating group) is 1. The molecule has 0 spiro atoms. The molecular weight excluding hydrogens is 278 g/mol. The first kappa shape index (κ1) is 19.6. The molecule has 1 rings (SSSR count). The van der Waals surface area contributed by atoms with Gasteiger partial charge in [0, 0.05) is 26.7 Å². The van der Waals surface area contributed by atoms with Crippen molar-refractivity contribution in [3.05, 3.63) is 0 Å². The lowest BCUT2D eigenvalue weighted by molar-refractivity contribution is -0.126. The van der Waals surface area contributed by atoms with E-state index in [9.17, 15) is 4.79 Å². The van der Waals surface area contributed by atoms with E-state index in [1.807, 2.05) is 7.05 Å². The van der Waals surface area contributed by atoms with Crippen LogP contribution in [0.4, 0.5) is 0 Å². The summed E-state index contributed by atoms with van der Waals surface area (Å²) in [4.78, 5) is 14.3. The third kappa shape index (κ3) is 6.39. The van der Waals surface area contributed by atoms with Gasteiger partial charge in [-0.3, -0.25) is 4.79 Å². The summed E-state index contributed by atoms with van der Waals surface area (Å²) in [6.45, 7) is 8.41. The zero-order valence-corrected chi connectivity index (χ0v) is 14.0. The van der Waals surface area contributed by atoms with Gasteiger partial charge in [0.1, 0.15) is 0 Å². The molecule has 120 valence electrons. The van der Waals surface area contributed by atoms with E-state index < -0.39 is 0 Å². The molecule has 1 fully saturated rings. The molecular formula is C14H30ClN3O2. The monoisotopic (exact) mass is 307 g/mol. The lowest BCUT2D eigenvalue weighted by Crippen LogP contribution is -2.56. The Kier molecular flexibility index (Phi) is 9.38. The van der Waals surface area contributed by atoms with Crippen LogP contribution >= 0.6 is 12.4 Å². The normalized spacial score (nSPS) is 21.4. The fraction of sp³-hybridized carbons (Fsp3) is 0.929. The zero-order chi connectivity index (χ0) is 14.3. The number of carbonyl (C=O) groups excluding carboxylic acids is 1. The molecule has 0 aromatic rings. The van der Waals surface area contributed by atoms with Crippen molar-refractivity contribution in [1.29, 1.82) is 0 Å². The number of nitrogens with one attached hydrogen (secondary N) is 2. The van der Waals surface area contributed by atoms with E-state index in [-0.39, 0.29) is 29.8 Å². The van der Waals surface area contributed by atoms with Crippen molar-refractivity contribution < 1.29 is 9.53 Å². The van der Waals surface area contributed by atoms with Crippen LogP contribution in [0.2, 0.25) is 0 Å². The lowest BCUT2D eigenvalue weighted by atomic mass is 9.77. The topological polar surface area (TPSA) is 53.6 Å². The third-order valence-corrected chi connectivity index (χ3v) is 3.86. The Balaban J connectivity index is 0.00000361. The van der Waals surface area contributed by atoms with Gasteiger partial charge in [-0.05, 0) is 31.8 Å². The van der Waals surface area contributed by atoms with Crippen LogP contribution in [0.3, 0.4) is 0 Å². The lowest BCUT2D eigenvalue weighted by Gasteiger charge is -2.38. The highest BCUT2D eigenvalue weighted by Crippen LogP contribution is 2.29.